The SMILES string of the molecule is C=C1C[C@H](C)N(C(=O)[C@H](C)NC(=O)OC)[C@@H]1c1ncc(-c2ccc3c(c2)COc2cc4c(ccc5[nH]c([C@@H]6C[C@H](COC)CN6C(=O)CCC)nc54)cc2-3)[nH]1. The number of methoxy groups -OCH3 is 2. The van der Waals surface area contributed by atoms with Gasteiger partial charge < -0.3 is 39.3 Å². The second-order valence-corrected chi connectivity index (χ2v) is 15.1. The topological polar surface area (TPSA) is 155 Å². The average molecular weight is 746 g/mol. The highest BCUT2D eigenvalue weighted by Gasteiger charge is 2.42. The van der Waals surface area contributed by atoms with Crippen molar-refractivity contribution in [3.63, 3.8) is 0 Å². The number of nitrogens with one attached hydrogen (secondary N) is 3. The Morgan fingerprint density at radius 2 is 1.93 bits per heavy atom. The molecule has 5 atom stereocenters. The van der Waals surface area contributed by atoms with Crippen LogP contribution >= 0.6 is 0 Å². The molecular formula is C42H47N7O6. The number of imidazole rings is 2. The monoisotopic (exact) mass is 745 g/mol. The van der Waals surface area contributed by atoms with Gasteiger partial charge in [-0.25, -0.2) is 14.8 Å². The summed E-state index contributed by atoms with van der Waals surface area (Å²) in [6, 6.07) is 13.3. The highest BCUT2D eigenvalue weighted by atomic mass is 16.5. The van der Waals surface area contributed by atoms with Crippen LogP contribution in [0.25, 0.3) is 44.2 Å². The fourth-order valence-corrected chi connectivity index (χ4v) is 8.66. The molecule has 3 N–H and O–H groups in total. The van der Waals surface area contributed by atoms with Crippen LogP contribution in [0.4, 0.5) is 4.79 Å². The van der Waals surface area contributed by atoms with Gasteiger partial charge >= 0.3 is 6.09 Å². The van der Waals surface area contributed by atoms with E-state index in [0.717, 1.165) is 79.7 Å². The van der Waals surface area contributed by atoms with Gasteiger partial charge in [0, 0.05) is 43.0 Å². The number of carbonyl (C=O) groups is 3. The van der Waals surface area contributed by atoms with Crippen molar-refractivity contribution >= 4 is 39.7 Å². The molecule has 0 aliphatic carbocycles. The van der Waals surface area contributed by atoms with E-state index in [-0.39, 0.29) is 29.8 Å². The van der Waals surface area contributed by atoms with E-state index in [2.05, 4.69) is 64.3 Å². The molecule has 0 bridgehead atoms. The summed E-state index contributed by atoms with van der Waals surface area (Å²) in [7, 11) is 2.98. The Labute approximate surface area is 319 Å². The van der Waals surface area contributed by atoms with Crippen molar-refractivity contribution in [3.05, 3.63) is 78.0 Å². The second-order valence-electron chi connectivity index (χ2n) is 15.1. The van der Waals surface area contributed by atoms with Crippen LogP contribution < -0.4 is 10.1 Å². The zero-order valence-corrected chi connectivity index (χ0v) is 31.9. The minimum Gasteiger partial charge on any atom is -0.488 e. The molecule has 2 saturated heterocycles. The maximum Gasteiger partial charge on any atom is 0.407 e. The van der Waals surface area contributed by atoms with Gasteiger partial charge in [-0.05, 0) is 85.0 Å². The molecule has 13 nitrogen and oxygen atoms in total. The van der Waals surface area contributed by atoms with Crippen LogP contribution in [-0.4, -0.2) is 87.1 Å². The lowest BCUT2D eigenvalue weighted by Crippen LogP contribution is -2.48. The van der Waals surface area contributed by atoms with Gasteiger partial charge in [-0.15, -0.1) is 0 Å². The third kappa shape index (κ3) is 6.49. The van der Waals surface area contributed by atoms with E-state index in [1.807, 2.05) is 18.7 Å². The molecular weight excluding hydrogens is 699 g/mol. The van der Waals surface area contributed by atoms with Gasteiger partial charge in [0.05, 0.1) is 42.7 Å². The van der Waals surface area contributed by atoms with Crippen molar-refractivity contribution in [2.45, 2.75) is 77.2 Å². The predicted octanol–water partition coefficient (Wildman–Crippen LogP) is 6.96. The molecule has 0 radical (unpaired) electrons. The third-order valence-corrected chi connectivity index (χ3v) is 11.3. The summed E-state index contributed by atoms with van der Waals surface area (Å²) >= 11 is 0. The highest BCUT2D eigenvalue weighted by molar-refractivity contribution is 6.07. The maximum absolute atomic E-state index is 13.5. The van der Waals surface area contributed by atoms with Crippen LogP contribution in [0.3, 0.4) is 0 Å². The molecule has 13 heteroatoms. The van der Waals surface area contributed by atoms with Crippen LogP contribution in [0.5, 0.6) is 5.75 Å². The number of ether oxygens (including phenoxy) is 3. The number of alkyl carbamates (subject to hydrolysis) is 1. The first-order valence-electron chi connectivity index (χ1n) is 19.0. The number of carbonyl (C=O) groups excluding carboxylic acids is 3. The quantitative estimate of drug-likeness (QED) is 0.137. The van der Waals surface area contributed by atoms with E-state index in [4.69, 9.17) is 24.2 Å². The summed E-state index contributed by atoms with van der Waals surface area (Å²) in [6.07, 6.45) is 3.88. The first-order valence-corrected chi connectivity index (χ1v) is 19.0. The molecule has 0 spiro atoms. The molecule has 8 rings (SSSR count). The van der Waals surface area contributed by atoms with Gasteiger partial charge in [-0.2, -0.15) is 0 Å². The van der Waals surface area contributed by atoms with Gasteiger partial charge in [-0.3, -0.25) is 9.59 Å². The van der Waals surface area contributed by atoms with Gasteiger partial charge in [0.15, 0.2) is 0 Å². The predicted molar refractivity (Wildman–Crippen MR) is 208 cm³/mol. The molecule has 55 heavy (non-hydrogen) atoms. The Bertz CT molecular complexity index is 2330. The number of hydrogen-bond acceptors (Lipinski definition) is 8. The number of likely N-dealkylation sites (tertiary alicyclic amines) is 2. The Morgan fingerprint density at radius 1 is 1.09 bits per heavy atom. The van der Waals surface area contributed by atoms with Crippen molar-refractivity contribution in [1.29, 1.82) is 0 Å². The highest BCUT2D eigenvalue weighted by Crippen LogP contribution is 2.44. The Hall–Kier alpha value is -5.69. The average Bonchev–Trinajstić information content (AvgIpc) is 3.98. The number of H-pyrrole nitrogens is 2. The molecule has 286 valence electrons. The van der Waals surface area contributed by atoms with Gasteiger partial charge in [0.1, 0.15) is 36.1 Å². The number of aromatic nitrogens is 4. The molecule has 3 aliphatic rings. The number of fused-ring (bicyclic) bond motifs is 6. The van der Waals surface area contributed by atoms with E-state index in [1.54, 1.807) is 25.1 Å². The Balaban J connectivity index is 1.06. The second kappa shape index (κ2) is 14.5. The number of nitrogens with zero attached hydrogens (tertiary/aromatic N) is 4. The molecule has 3 amide bonds. The zero-order valence-electron chi connectivity index (χ0n) is 31.9. The van der Waals surface area contributed by atoms with Crippen LogP contribution in [0, 0.1) is 5.92 Å². The van der Waals surface area contributed by atoms with Crippen LogP contribution in [-0.2, 0) is 25.7 Å². The van der Waals surface area contributed by atoms with Crippen molar-refractivity contribution in [1.82, 2.24) is 35.1 Å². The summed E-state index contributed by atoms with van der Waals surface area (Å²) in [4.78, 5) is 59.0. The lowest BCUT2D eigenvalue weighted by molar-refractivity contribution is -0.135. The molecule has 5 heterocycles. The van der Waals surface area contributed by atoms with Crippen LogP contribution in [0.1, 0.15) is 75.8 Å². The van der Waals surface area contributed by atoms with Crippen molar-refractivity contribution < 1.29 is 28.6 Å². The molecule has 0 saturated carbocycles. The Kier molecular flexibility index (Phi) is 9.58. The standard InChI is InChI=1S/C42H47N7O6/c1-7-8-36(50)48-19-25(20-53-5)14-34(48)39-45-32-12-10-26-16-31-29-11-9-27(15-28(29)21-55-35(31)17-30(26)37(32)47-39)33-18-43-40(46-33)38-22(2)13-23(3)49(38)41(51)24(4)44-42(52)54-6/h9-12,15-18,23-25,34,38H,2,7-8,13-14,19-21H2,1,3-6H3,(H,43,46)(H,44,52)(H,45,47)/t23-,24-,25-,34-,38-/m0/s1. The van der Waals surface area contributed by atoms with Crippen molar-refractivity contribution in [2.24, 2.45) is 5.92 Å². The lowest BCUT2D eigenvalue weighted by atomic mass is 9.92. The van der Waals surface area contributed by atoms with Gasteiger partial charge in [-0.1, -0.05) is 31.7 Å². The molecule has 3 aliphatic heterocycles. The van der Waals surface area contributed by atoms with Crippen LogP contribution in [0.2, 0.25) is 0 Å². The number of hydrogen-bond donors (Lipinski definition) is 3. The first kappa shape index (κ1) is 36.3. The number of amides is 3. The van der Waals surface area contributed by atoms with E-state index >= 15 is 0 Å². The lowest BCUT2D eigenvalue weighted by Gasteiger charge is -2.30. The molecule has 2 aromatic heterocycles. The van der Waals surface area contributed by atoms with E-state index in [1.165, 1.54) is 7.11 Å². The summed E-state index contributed by atoms with van der Waals surface area (Å²) in [5, 5.41) is 4.62. The fourth-order valence-electron chi connectivity index (χ4n) is 8.66. The van der Waals surface area contributed by atoms with E-state index < -0.39 is 18.2 Å². The van der Waals surface area contributed by atoms with E-state index in [0.29, 0.717) is 38.4 Å². The van der Waals surface area contributed by atoms with E-state index in [9.17, 15) is 14.4 Å². The minimum atomic E-state index is -0.777. The minimum absolute atomic E-state index is 0.114. The molecule has 0 unspecified atom stereocenters. The summed E-state index contributed by atoms with van der Waals surface area (Å²) < 4.78 is 16.6. The molecule has 2 fully saturated rings. The number of aromatic amines is 2. The number of rotatable bonds is 9. The normalized spacial score (nSPS) is 21.1. The van der Waals surface area contributed by atoms with Crippen molar-refractivity contribution in [2.75, 3.05) is 27.4 Å². The fraction of sp³-hybridized carbons (Fsp3) is 0.405. The summed E-state index contributed by atoms with van der Waals surface area (Å²) in [5.41, 5.74) is 7.56. The van der Waals surface area contributed by atoms with Gasteiger partial charge in [0.2, 0.25) is 11.8 Å². The number of benzene rings is 3. The largest absolute Gasteiger partial charge is 0.488 e. The third-order valence-electron chi connectivity index (χ3n) is 11.3. The smallest absolute Gasteiger partial charge is 0.407 e. The summed E-state index contributed by atoms with van der Waals surface area (Å²) in [6.45, 7) is 11.6. The van der Waals surface area contributed by atoms with Gasteiger partial charge in [0.25, 0.3) is 0 Å². The van der Waals surface area contributed by atoms with Crippen molar-refractivity contribution in [3.8, 4) is 28.1 Å². The summed E-state index contributed by atoms with van der Waals surface area (Å²) in [5.74, 6) is 2.40. The molecule has 3 aromatic carbocycles. The zero-order chi connectivity index (χ0) is 38.5. The first-order chi connectivity index (χ1) is 26.6. The Morgan fingerprint density at radius 3 is 2.71 bits per heavy atom. The van der Waals surface area contributed by atoms with Crippen LogP contribution in [0.15, 0.2) is 60.8 Å². The molecule has 5 aromatic rings. The maximum atomic E-state index is 13.5.